The molecule has 1 heterocycles. The van der Waals surface area contributed by atoms with Gasteiger partial charge in [-0.2, -0.15) is 4.98 Å². The van der Waals surface area contributed by atoms with Crippen LogP contribution in [0.5, 0.6) is 5.75 Å². The first-order valence-corrected chi connectivity index (χ1v) is 8.45. The van der Waals surface area contributed by atoms with Crippen molar-refractivity contribution in [3.63, 3.8) is 0 Å². The van der Waals surface area contributed by atoms with Crippen LogP contribution in [0, 0.1) is 5.82 Å². The summed E-state index contributed by atoms with van der Waals surface area (Å²) in [5, 5.41) is 14.8. The highest BCUT2D eigenvalue weighted by molar-refractivity contribution is 5.68. The van der Waals surface area contributed by atoms with Crippen LogP contribution in [0.1, 0.15) is 0 Å². The van der Waals surface area contributed by atoms with Crippen molar-refractivity contribution in [2.75, 3.05) is 23.8 Å². The van der Waals surface area contributed by atoms with Crippen molar-refractivity contribution in [2.24, 2.45) is 0 Å². The van der Waals surface area contributed by atoms with E-state index in [4.69, 9.17) is 5.11 Å². The molecule has 0 fully saturated rings. The second kappa shape index (κ2) is 8.74. The zero-order chi connectivity index (χ0) is 20.9. The number of aromatic nitrogens is 2. The molecule has 0 atom stereocenters. The topological polar surface area (TPSA) is 79.3 Å². The number of rotatable bonds is 7. The molecule has 0 aliphatic carbocycles. The Morgan fingerprint density at radius 2 is 1.76 bits per heavy atom. The molecular formula is C19H16F4N4O2. The molecule has 0 amide bonds. The fraction of sp³-hybridized carbons (Fsp3) is 0.158. The summed E-state index contributed by atoms with van der Waals surface area (Å²) in [5.74, 6) is -0.301. The molecule has 0 saturated carbocycles. The predicted octanol–water partition coefficient (Wildman–Crippen LogP) is 4.33. The summed E-state index contributed by atoms with van der Waals surface area (Å²) >= 11 is 0. The van der Waals surface area contributed by atoms with Crippen molar-refractivity contribution in [1.29, 1.82) is 0 Å². The summed E-state index contributed by atoms with van der Waals surface area (Å²) in [7, 11) is 0. The largest absolute Gasteiger partial charge is 0.573 e. The molecule has 0 radical (unpaired) electrons. The highest BCUT2D eigenvalue weighted by atomic mass is 19.4. The van der Waals surface area contributed by atoms with Gasteiger partial charge in [0, 0.05) is 23.9 Å². The molecule has 29 heavy (non-hydrogen) atoms. The van der Waals surface area contributed by atoms with Gasteiger partial charge >= 0.3 is 6.36 Å². The van der Waals surface area contributed by atoms with E-state index in [1.54, 1.807) is 6.07 Å². The molecule has 0 saturated heterocycles. The van der Waals surface area contributed by atoms with Crippen molar-refractivity contribution >= 4 is 17.5 Å². The second-order valence-corrected chi connectivity index (χ2v) is 5.82. The van der Waals surface area contributed by atoms with Crippen molar-refractivity contribution in [2.45, 2.75) is 6.36 Å². The average molecular weight is 408 g/mol. The van der Waals surface area contributed by atoms with E-state index in [2.05, 4.69) is 25.3 Å². The third-order valence-electron chi connectivity index (χ3n) is 3.60. The number of ether oxygens (including phenoxy) is 1. The Kier molecular flexibility index (Phi) is 6.13. The third kappa shape index (κ3) is 6.04. The molecule has 6 nitrogen and oxygen atoms in total. The van der Waals surface area contributed by atoms with E-state index in [1.807, 2.05) is 0 Å². The monoisotopic (exact) mass is 408 g/mol. The molecule has 0 bridgehead atoms. The predicted molar refractivity (Wildman–Crippen MR) is 99.4 cm³/mol. The van der Waals surface area contributed by atoms with Gasteiger partial charge in [0.1, 0.15) is 17.4 Å². The number of nitrogens with zero attached hydrogens (tertiary/aromatic N) is 2. The molecule has 3 N–H and O–H groups in total. The Morgan fingerprint density at radius 1 is 1.00 bits per heavy atom. The fourth-order valence-corrected chi connectivity index (χ4v) is 2.44. The molecule has 0 aliphatic rings. The van der Waals surface area contributed by atoms with Gasteiger partial charge in [-0.1, -0.05) is 12.1 Å². The van der Waals surface area contributed by atoms with E-state index >= 15 is 0 Å². The molecular weight excluding hydrogens is 392 g/mol. The smallest absolute Gasteiger partial charge is 0.406 e. The lowest BCUT2D eigenvalue weighted by atomic mass is 10.1. The quantitative estimate of drug-likeness (QED) is 0.505. The van der Waals surface area contributed by atoms with Crippen molar-refractivity contribution in [1.82, 2.24) is 9.97 Å². The Morgan fingerprint density at radius 3 is 2.45 bits per heavy atom. The van der Waals surface area contributed by atoms with Crippen LogP contribution in [0.15, 0.2) is 54.6 Å². The molecule has 2 aromatic carbocycles. The highest BCUT2D eigenvalue weighted by Gasteiger charge is 2.31. The standard InChI is InChI=1S/C19H16F4N4O2/c20-13-4-6-14(7-5-13)25-17-11-16(26-18(27-17)24-8-9-28)12-2-1-3-15(10-12)29-19(21,22)23/h1-7,10-11,28H,8-9H2,(H2,24,25,26,27). The fourth-order valence-electron chi connectivity index (χ4n) is 2.44. The van der Waals surface area contributed by atoms with E-state index in [1.165, 1.54) is 48.5 Å². The summed E-state index contributed by atoms with van der Waals surface area (Å²) in [4.78, 5) is 8.51. The zero-order valence-electron chi connectivity index (χ0n) is 14.9. The number of aliphatic hydroxyl groups excluding tert-OH is 1. The molecule has 1 aromatic heterocycles. The van der Waals surface area contributed by atoms with Gasteiger partial charge < -0.3 is 20.5 Å². The second-order valence-electron chi connectivity index (χ2n) is 5.82. The van der Waals surface area contributed by atoms with Crippen LogP contribution in [0.3, 0.4) is 0 Å². The van der Waals surface area contributed by atoms with Gasteiger partial charge in [0.25, 0.3) is 0 Å². The third-order valence-corrected chi connectivity index (χ3v) is 3.60. The molecule has 0 aliphatic heterocycles. The van der Waals surface area contributed by atoms with E-state index in [0.29, 0.717) is 22.8 Å². The number of hydrogen-bond donors (Lipinski definition) is 3. The SMILES string of the molecule is OCCNc1nc(Nc2ccc(F)cc2)cc(-c2cccc(OC(F)(F)F)c2)n1. The van der Waals surface area contributed by atoms with Gasteiger partial charge in [-0.05, 0) is 36.4 Å². The van der Waals surface area contributed by atoms with Gasteiger partial charge in [-0.15, -0.1) is 13.2 Å². The van der Waals surface area contributed by atoms with Crippen molar-refractivity contribution < 1.29 is 27.4 Å². The van der Waals surface area contributed by atoms with Crippen LogP contribution in [0.4, 0.5) is 35.0 Å². The average Bonchev–Trinajstić information content (AvgIpc) is 2.67. The number of hydrogen-bond acceptors (Lipinski definition) is 6. The van der Waals surface area contributed by atoms with E-state index in [-0.39, 0.29) is 24.8 Å². The lowest BCUT2D eigenvalue weighted by Gasteiger charge is -2.13. The maximum Gasteiger partial charge on any atom is 0.573 e. The Hall–Kier alpha value is -3.40. The Bertz CT molecular complexity index is 965. The van der Waals surface area contributed by atoms with E-state index in [9.17, 15) is 17.6 Å². The summed E-state index contributed by atoms with van der Waals surface area (Å²) in [5.41, 5.74) is 1.24. The summed E-state index contributed by atoms with van der Waals surface area (Å²) < 4.78 is 54.5. The molecule has 10 heteroatoms. The number of benzene rings is 2. The maximum absolute atomic E-state index is 13.1. The minimum atomic E-state index is -4.81. The van der Waals surface area contributed by atoms with Crippen LogP contribution in [-0.4, -0.2) is 34.6 Å². The van der Waals surface area contributed by atoms with Gasteiger partial charge in [-0.25, -0.2) is 9.37 Å². The number of anilines is 3. The van der Waals surface area contributed by atoms with E-state index in [0.717, 1.165) is 0 Å². The van der Waals surface area contributed by atoms with Gasteiger partial charge in [0.2, 0.25) is 5.95 Å². The number of alkyl halides is 3. The minimum absolute atomic E-state index is 0.156. The van der Waals surface area contributed by atoms with Crippen LogP contribution in [0.2, 0.25) is 0 Å². The summed E-state index contributed by atoms with van der Waals surface area (Å²) in [6.07, 6.45) is -4.81. The number of nitrogens with one attached hydrogen (secondary N) is 2. The van der Waals surface area contributed by atoms with Crippen LogP contribution < -0.4 is 15.4 Å². The van der Waals surface area contributed by atoms with Crippen LogP contribution >= 0.6 is 0 Å². The molecule has 152 valence electrons. The lowest BCUT2D eigenvalue weighted by Crippen LogP contribution is -2.17. The Balaban J connectivity index is 1.94. The lowest BCUT2D eigenvalue weighted by molar-refractivity contribution is -0.274. The van der Waals surface area contributed by atoms with Gasteiger partial charge in [0.15, 0.2) is 0 Å². The van der Waals surface area contributed by atoms with Crippen LogP contribution in [0.25, 0.3) is 11.3 Å². The highest BCUT2D eigenvalue weighted by Crippen LogP contribution is 2.29. The molecule has 0 spiro atoms. The molecule has 3 aromatic rings. The Labute approximate surface area is 163 Å². The maximum atomic E-state index is 13.1. The first kappa shape index (κ1) is 20.3. The van der Waals surface area contributed by atoms with E-state index < -0.39 is 12.2 Å². The number of aliphatic hydroxyl groups is 1. The van der Waals surface area contributed by atoms with Crippen molar-refractivity contribution in [3.05, 3.63) is 60.4 Å². The molecule has 0 unspecified atom stereocenters. The zero-order valence-corrected chi connectivity index (χ0v) is 14.9. The van der Waals surface area contributed by atoms with Gasteiger partial charge in [-0.3, -0.25) is 0 Å². The first-order chi connectivity index (χ1) is 13.8. The first-order valence-electron chi connectivity index (χ1n) is 8.45. The van der Waals surface area contributed by atoms with Gasteiger partial charge in [0.05, 0.1) is 12.3 Å². The normalized spacial score (nSPS) is 11.2. The number of halogens is 4. The van der Waals surface area contributed by atoms with Crippen LogP contribution in [-0.2, 0) is 0 Å². The summed E-state index contributed by atoms with van der Waals surface area (Å²) in [6, 6.07) is 12.5. The molecule has 3 rings (SSSR count). The minimum Gasteiger partial charge on any atom is -0.406 e. The summed E-state index contributed by atoms with van der Waals surface area (Å²) in [6.45, 7) is 0.0138. The van der Waals surface area contributed by atoms with Crippen molar-refractivity contribution in [3.8, 4) is 17.0 Å².